The van der Waals surface area contributed by atoms with Crippen molar-refractivity contribution in [3.05, 3.63) is 23.8 Å². The molecular formula is C25H36O7. The molecule has 7 unspecified atom stereocenters. The van der Waals surface area contributed by atoms with Crippen LogP contribution in [0.1, 0.15) is 66.7 Å². The van der Waals surface area contributed by atoms with Crippen LogP contribution in [0.25, 0.3) is 0 Å². The topological polar surface area (TPSA) is 99.1 Å². The Hall–Kier alpha value is -2.15. The highest BCUT2D eigenvalue weighted by atomic mass is 16.6. The average molecular weight is 449 g/mol. The summed E-state index contributed by atoms with van der Waals surface area (Å²) in [5.74, 6) is -1.46. The molecule has 0 spiro atoms. The molecule has 0 saturated heterocycles. The van der Waals surface area contributed by atoms with Gasteiger partial charge in [-0.1, -0.05) is 25.5 Å². The van der Waals surface area contributed by atoms with Crippen LogP contribution in [-0.2, 0) is 28.6 Å². The maximum Gasteiger partial charge on any atom is 0.311 e. The second-order valence-corrected chi connectivity index (χ2v) is 10.3. The first-order chi connectivity index (χ1) is 14.8. The number of esters is 3. The molecule has 1 saturated carbocycles. The first kappa shape index (κ1) is 24.5. The van der Waals surface area contributed by atoms with Crippen LogP contribution in [0, 0.1) is 22.2 Å². The van der Waals surface area contributed by atoms with E-state index < -0.39 is 40.5 Å². The lowest BCUT2D eigenvalue weighted by Crippen LogP contribution is -2.61. The van der Waals surface area contributed by atoms with E-state index >= 15 is 0 Å². The zero-order valence-corrected chi connectivity index (χ0v) is 20.0. The highest BCUT2D eigenvalue weighted by molar-refractivity contribution is 5.77. The van der Waals surface area contributed by atoms with Gasteiger partial charge in [0.25, 0.3) is 0 Å². The van der Waals surface area contributed by atoms with E-state index in [1.807, 2.05) is 20.8 Å². The van der Waals surface area contributed by atoms with Crippen LogP contribution in [0.5, 0.6) is 0 Å². The van der Waals surface area contributed by atoms with Gasteiger partial charge in [0.05, 0.1) is 18.6 Å². The van der Waals surface area contributed by atoms with Crippen LogP contribution in [0.3, 0.4) is 0 Å². The molecule has 0 aromatic heterocycles. The third kappa shape index (κ3) is 3.58. The summed E-state index contributed by atoms with van der Waals surface area (Å²) in [7, 11) is 1.38. The number of aliphatic hydroxyl groups excluding tert-OH is 1. The molecule has 3 aliphatic carbocycles. The standard InChI is InChI=1S/C25H36O7/c1-8-23(4)11-9-16-20(21(23)28)17(31-14(2)26)13-18-24(5,22(29)30-7)12-10-19(25(16,18)6)32-15(3)27/h8,17-19,21,28H,1,9-13H2,2-7H3. The lowest BCUT2D eigenvalue weighted by molar-refractivity contribution is -0.186. The molecule has 32 heavy (non-hydrogen) atoms. The molecule has 0 aliphatic heterocycles. The predicted octanol–water partition coefficient (Wildman–Crippen LogP) is 3.49. The van der Waals surface area contributed by atoms with Crippen molar-refractivity contribution in [3.63, 3.8) is 0 Å². The third-order valence-electron chi connectivity index (χ3n) is 8.45. The van der Waals surface area contributed by atoms with Crippen LogP contribution in [-0.4, -0.2) is 48.4 Å². The minimum absolute atomic E-state index is 0.302. The molecule has 3 aliphatic rings. The van der Waals surface area contributed by atoms with Crippen molar-refractivity contribution in [2.45, 2.75) is 85.0 Å². The van der Waals surface area contributed by atoms with Gasteiger partial charge in [0.1, 0.15) is 12.2 Å². The molecule has 0 radical (unpaired) electrons. The minimum Gasteiger partial charge on any atom is -0.469 e. The molecule has 0 amide bonds. The number of fused-ring (bicyclic) bond motifs is 2. The lowest BCUT2D eigenvalue weighted by atomic mass is 9.45. The van der Waals surface area contributed by atoms with Gasteiger partial charge in [-0.15, -0.1) is 6.58 Å². The van der Waals surface area contributed by atoms with E-state index in [1.54, 1.807) is 6.08 Å². The van der Waals surface area contributed by atoms with Crippen molar-refractivity contribution in [1.29, 1.82) is 0 Å². The maximum absolute atomic E-state index is 13.0. The number of hydrogen-bond acceptors (Lipinski definition) is 7. The molecular weight excluding hydrogens is 412 g/mol. The smallest absolute Gasteiger partial charge is 0.311 e. The lowest BCUT2D eigenvalue weighted by Gasteiger charge is -2.60. The van der Waals surface area contributed by atoms with E-state index in [9.17, 15) is 19.5 Å². The predicted molar refractivity (Wildman–Crippen MR) is 117 cm³/mol. The highest BCUT2D eigenvalue weighted by Crippen LogP contribution is 2.64. The normalized spacial score (nSPS) is 41.1. The van der Waals surface area contributed by atoms with Crippen molar-refractivity contribution in [2.75, 3.05) is 7.11 Å². The third-order valence-corrected chi connectivity index (χ3v) is 8.45. The fourth-order valence-corrected chi connectivity index (χ4v) is 6.57. The Labute approximate surface area is 190 Å². The maximum atomic E-state index is 13.0. The number of ether oxygens (including phenoxy) is 3. The quantitative estimate of drug-likeness (QED) is 0.399. The molecule has 1 N–H and O–H groups in total. The average Bonchev–Trinajstić information content (AvgIpc) is 2.72. The van der Waals surface area contributed by atoms with Crippen LogP contribution in [0.4, 0.5) is 0 Å². The first-order valence-corrected chi connectivity index (χ1v) is 11.3. The van der Waals surface area contributed by atoms with Crippen LogP contribution in [0.2, 0.25) is 0 Å². The molecule has 0 aromatic rings. The van der Waals surface area contributed by atoms with Crippen molar-refractivity contribution < 1.29 is 33.7 Å². The Balaban J connectivity index is 2.26. The van der Waals surface area contributed by atoms with Gasteiger partial charge in [-0.2, -0.15) is 0 Å². The Morgan fingerprint density at radius 1 is 1.09 bits per heavy atom. The summed E-state index contributed by atoms with van der Waals surface area (Å²) in [5, 5.41) is 11.4. The van der Waals surface area contributed by atoms with Gasteiger partial charge in [-0.05, 0) is 50.5 Å². The second-order valence-electron chi connectivity index (χ2n) is 10.3. The van der Waals surface area contributed by atoms with Gasteiger partial charge in [-0.25, -0.2) is 0 Å². The van der Waals surface area contributed by atoms with Gasteiger partial charge < -0.3 is 19.3 Å². The van der Waals surface area contributed by atoms with Crippen molar-refractivity contribution >= 4 is 17.9 Å². The summed E-state index contributed by atoms with van der Waals surface area (Å²) in [6.07, 6.45) is 2.33. The molecule has 0 bridgehead atoms. The van der Waals surface area contributed by atoms with E-state index in [4.69, 9.17) is 14.2 Å². The van der Waals surface area contributed by atoms with Crippen LogP contribution in [0.15, 0.2) is 23.8 Å². The molecule has 7 heteroatoms. The molecule has 7 nitrogen and oxygen atoms in total. The summed E-state index contributed by atoms with van der Waals surface area (Å²) in [6, 6.07) is 0. The summed E-state index contributed by atoms with van der Waals surface area (Å²) >= 11 is 0. The number of aliphatic hydroxyl groups is 1. The fraction of sp³-hybridized carbons (Fsp3) is 0.720. The Morgan fingerprint density at radius 2 is 1.72 bits per heavy atom. The summed E-state index contributed by atoms with van der Waals surface area (Å²) in [4.78, 5) is 37.0. The van der Waals surface area contributed by atoms with E-state index in [0.717, 1.165) is 5.57 Å². The van der Waals surface area contributed by atoms with E-state index in [1.165, 1.54) is 21.0 Å². The summed E-state index contributed by atoms with van der Waals surface area (Å²) in [5.41, 5.74) is -0.534. The zero-order valence-electron chi connectivity index (χ0n) is 20.0. The first-order valence-electron chi connectivity index (χ1n) is 11.3. The monoisotopic (exact) mass is 448 g/mol. The Kier molecular flexibility index (Phi) is 6.37. The number of carbonyl (C=O) groups excluding carboxylic acids is 3. The van der Waals surface area contributed by atoms with Gasteiger partial charge in [-0.3, -0.25) is 14.4 Å². The van der Waals surface area contributed by atoms with Gasteiger partial charge in [0.2, 0.25) is 0 Å². The van der Waals surface area contributed by atoms with Gasteiger partial charge >= 0.3 is 17.9 Å². The van der Waals surface area contributed by atoms with Crippen LogP contribution >= 0.6 is 0 Å². The molecule has 0 heterocycles. The largest absolute Gasteiger partial charge is 0.469 e. The van der Waals surface area contributed by atoms with E-state index in [0.29, 0.717) is 37.7 Å². The molecule has 0 aromatic carbocycles. The zero-order chi connectivity index (χ0) is 24.1. The number of carbonyl (C=O) groups is 3. The molecule has 178 valence electrons. The molecule has 7 atom stereocenters. The number of rotatable bonds is 4. The second kappa shape index (κ2) is 8.32. The van der Waals surface area contributed by atoms with Crippen molar-refractivity contribution in [2.24, 2.45) is 22.2 Å². The van der Waals surface area contributed by atoms with Gasteiger partial charge in [0.15, 0.2) is 0 Å². The van der Waals surface area contributed by atoms with Gasteiger partial charge in [0, 0.05) is 24.7 Å². The van der Waals surface area contributed by atoms with E-state index in [-0.39, 0.29) is 17.9 Å². The fourth-order valence-electron chi connectivity index (χ4n) is 6.57. The minimum atomic E-state index is -0.893. The van der Waals surface area contributed by atoms with E-state index in [2.05, 4.69) is 6.58 Å². The van der Waals surface area contributed by atoms with Crippen molar-refractivity contribution in [1.82, 2.24) is 0 Å². The number of methoxy groups -OCH3 is 1. The Morgan fingerprint density at radius 3 is 2.25 bits per heavy atom. The van der Waals surface area contributed by atoms with Crippen molar-refractivity contribution in [3.8, 4) is 0 Å². The SMILES string of the molecule is C=CC1(C)CCC2=C(C(OC(C)=O)CC3C(C)(C(=O)OC)CCC(OC(C)=O)C23C)C1O. The molecule has 3 rings (SSSR count). The highest BCUT2D eigenvalue weighted by Gasteiger charge is 2.64. The summed E-state index contributed by atoms with van der Waals surface area (Å²) in [6.45, 7) is 12.5. The summed E-state index contributed by atoms with van der Waals surface area (Å²) < 4.78 is 16.7. The molecule has 1 fully saturated rings. The Bertz CT molecular complexity index is 860. The number of hydrogen-bond donors (Lipinski definition) is 1. The van der Waals surface area contributed by atoms with Crippen LogP contribution < -0.4 is 0 Å².